The van der Waals surface area contributed by atoms with Crippen molar-refractivity contribution in [2.75, 3.05) is 10.5 Å². The smallest absolute Gasteiger partial charge is 0.232 e. The summed E-state index contributed by atoms with van der Waals surface area (Å²) < 4.78 is 37.8. The van der Waals surface area contributed by atoms with Crippen molar-refractivity contribution in [2.24, 2.45) is 0 Å². The van der Waals surface area contributed by atoms with E-state index in [9.17, 15) is 17.9 Å². The maximum atomic E-state index is 12.9. The van der Waals surface area contributed by atoms with E-state index < -0.39 is 21.6 Å². The highest BCUT2D eigenvalue weighted by Crippen LogP contribution is 2.33. The molecule has 0 saturated heterocycles. The van der Waals surface area contributed by atoms with Gasteiger partial charge in [-0.1, -0.05) is 18.5 Å². The number of halogens is 2. The fourth-order valence-corrected chi connectivity index (χ4v) is 2.47. The third kappa shape index (κ3) is 3.24. The Balaban J connectivity index is 3.07. The molecule has 0 unspecified atom stereocenters. The molecular formula is C9H11ClFNO3S. The number of phenolic OH excluding ortho intramolecular Hbond substituents is 1. The summed E-state index contributed by atoms with van der Waals surface area (Å²) in [4.78, 5) is 0. The second-order valence-corrected chi connectivity index (χ2v) is 5.45. The van der Waals surface area contributed by atoms with Crippen LogP contribution in [0.2, 0.25) is 5.02 Å². The van der Waals surface area contributed by atoms with E-state index in [1.54, 1.807) is 6.92 Å². The van der Waals surface area contributed by atoms with Crippen molar-refractivity contribution in [3.05, 3.63) is 23.0 Å². The number of benzene rings is 1. The maximum Gasteiger partial charge on any atom is 0.232 e. The lowest BCUT2D eigenvalue weighted by Gasteiger charge is -2.09. The zero-order valence-electron chi connectivity index (χ0n) is 8.50. The number of hydrogen-bond acceptors (Lipinski definition) is 3. The Morgan fingerprint density at radius 1 is 1.50 bits per heavy atom. The Kier molecular flexibility index (Phi) is 3.98. The molecule has 0 fully saturated rings. The largest absolute Gasteiger partial charge is 0.504 e. The predicted molar refractivity (Wildman–Crippen MR) is 60.8 cm³/mol. The first-order valence-corrected chi connectivity index (χ1v) is 6.57. The van der Waals surface area contributed by atoms with E-state index in [1.165, 1.54) is 0 Å². The van der Waals surface area contributed by atoms with Gasteiger partial charge in [0.25, 0.3) is 0 Å². The molecule has 0 aliphatic heterocycles. The van der Waals surface area contributed by atoms with E-state index in [2.05, 4.69) is 4.72 Å². The van der Waals surface area contributed by atoms with Gasteiger partial charge in [-0.3, -0.25) is 4.72 Å². The fraction of sp³-hybridized carbons (Fsp3) is 0.333. The number of nitrogens with one attached hydrogen (secondary N) is 1. The monoisotopic (exact) mass is 267 g/mol. The maximum absolute atomic E-state index is 12.9. The molecule has 1 aromatic carbocycles. The van der Waals surface area contributed by atoms with E-state index >= 15 is 0 Å². The number of rotatable bonds is 4. The molecule has 0 aliphatic carbocycles. The fourth-order valence-electron chi connectivity index (χ4n) is 1.13. The van der Waals surface area contributed by atoms with Gasteiger partial charge < -0.3 is 5.11 Å². The molecule has 0 atom stereocenters. The van der Waals surface area contributed by atoms with E-state index in [4.69, 9.17) is 11.6 Å². The zero-order valence-corrected chi connectivity index (χ0v) is 10.1. The van der Waals surface area contributed by atoms with Crippen LogP contribution in [0.5, 0.6) is 5.75 Å². The number of sulfonamides is 1. The molecule has 16 heavy (non-hydrogen) atoms. The summed E-state index contributed by atoms with van der Waals surface area (Å²) in [6, 6.07) is 1.77. The molecule has 0 heterocycles. The minimum atomic E-state index is -3.58. The van der Waals surface area contributed by atoms with E-state index in [1.807, 2.05) is 0 Å². The summed E-state index contributed by atoms with van der Waals surface area (Å²) in [5.74, 6) is -1.32. The van der Waals surface area contributed by atoms with Crippen LogP contribution in [0.15, 0.2) is 12.1 Å². The van der Waals surface area contributed by atoms with E-state index in [0.717, 1.165) is 12.1 Å². The summed E-state index contributed by atoms with van der Waals surface area (Å²) in [7, 11) is -3.58. The summed E-state index contributed by atoms with van der Waals surface area (Å²) in [5, 5.41) is 9.19. The molecule has 4 nitrogen and oxygen atoms in total. The zero-order chi connectivity index (χ0) is 12.3. The van der Waals surface area contributed by atoms with Gasteiger partial charge in [-0.05, 0) is 12.5 Å². The Labute approximate surface area is 98.1 Å². The van der Waals surface area contributed by atoms with Gasteiger partial charge in [0.15, 0.2) is 5.75 Å². The van der Waals surface area contributed by atoms with Gasteiger partial charge >= 0.3 is 0 Å². The molecule has 0 bridgehead atoms. The number of aromatic hydroxyl groups is 1. The van der Waals surface area contributed by atoms with Gasteiger partial charge in [-0.15, -0.1) is 0 Å². The SMILES string of the molecule is CCCS(=O)(=O)Nc1cc(F)cc(Cl)c1O. The second kappa shape index (κ2) is 4.88. The first-order valence-electron chi connectivity index (χ1n) is 4.54. The third-order valence-electron chi connectivity index (χ3n) is 1.77. The molecule has 7 heteroatoms. The van der Waals surface area contributed by atoms with E-state index in [0.29, 0.717) is 6.42 Å². The number of phenols is 1. The molecule has 0 amide bonds. The van der Waals surface area contributed by atoms with Crippen molar-refractivity contribution in [3.8, 4) is 5.75 Å². The standard InChI is InChI=1S/C9H11ClFNO3S/c1-2-3-16(14,15)12-8-5-6(11)4-7(10)9(8)13/h4-5,12-13H,2-3H2,1H3. The molecule has 1 aromatic rings. The number of anilines is 1. The summed E-state index contributed by atoms with van der Waals surface area (Å²) in [5.41, 5.74) is -0.251. The normalized spacial score (nSPS) is 11.4. The summed E-state index contributed by atoms with van der Waals surface area (Å²) in [6.07, 6.45) is 0.416. The second-order valence-electron chi connectivity index (χ2n) is 3.20. The Morgan fingerprint density at radius 2 is 2.12 bits per heavy atom. The molecule has 0 aromatic heterocycles. The van der Waals surface area contributed by atoms with Crippen LogP contribution >= 0.6 is 11.6 Å². The summed E-state index contributed by atoms with van der Waals surface area (Å²) >= 11 is 5.50. The highest BCUT2D eigenvalue weighted by molar-refractivity contribution is 7.92. The van der Waals surface area contributed by atoms with Crippen LogP contribution in [0.3, 0.4) is 0 Å². The topological polar surface area (TPSA) is 66.4 Å². The van der Waals surface area contributed by atoms with Gasteiger partial charge in [0.05, 0.1) is 16.5 Å². The highest BCUT2D eigenvalue weighted by atomic mass is 35.5. The minimum absolute atomic E-state index is 0.111. The molecule has 90 valence electrons. The van der Waals surface area contributed by atoms with Gasteiger partial charge in [-0.2, -0.15) is 0 Å². The highest BCUT2D eigenvalue weighted by Gasteiger charge is 2.14. The first-order chi connectivity index (χ1) is 7.35. The van der Waals surface area contributed by atoms with Crippen molar-refractivity contribution in [2.45, 2.75) is 13.3 Å². The van der Waals surface area contributed by atoms with Crippen LogP contribution in [0, 0.1) is 5.82 Å². The molecule has 0 spiro atoms. The van der Waals surface area contributed by atoms with Gasteiger partial charge in [0, 0.05) is 6.07 Å². The van der Waals surface area contributed by atoms with Crippen LogP contribution < -0.4 is 4.72 Å². The molecular weight excluding hydrogens is 257 g/mol. The number of hydrogen-bond donors (Lipinski definition) is 2. The van der Waals surface area contributed by atoms with Crippen LogP contribution in [-0.2, 0) is 10.0 Å². The quantitative estimate of drug-likeness (QED) is 0.823. The lowest BCUT2D eigenvalue weighted by atomic mass is 10.3. The molecule has 2 N–H and O–H groups in total. The van der Waals surface area contributed by atoms with Crippen LogP contribution in [0.4, 0.5) is 10.1 Å². The average Bonchev–Trinajstić information content (AvgIpc) is 2.12. The lowest BCUT2D eigenvalue weighted by Crippen LogP contribution is -2.16. The lowest BCUT2D eigenvalue weighted by molar-refractivity contribution is 0.476. The third-order valence-corrected chi connectivity index (χ3v) is 3.53. The molecule has 0 radical (unpaired) electrons. The molecule has 1 rings (SSSR count). The van der Waals surface area contributed by atoms with Crippen molar-refractivity contribution in [1.29, 1.82) is 0 Å². The average molecular weight is 268 g/mol. The predicted octanol–water partition coefficient (Wildman–Crippen LogP) is 2.34. The minimum Gasteiger partial charge on any atom is -0.504 e. The van der Waals surface area contributed by atoms with E-state index in [-0.39, 0.29) is 16.5 Å². The van der Waals surface area contributed by atoms with Gasteiger partial charge in [-0.25, -0.2) is 12.8 Å². The van der Waals surface area contributed by atoms with Crippen LogP contribution in [-0.4, -0.2) is 19.3 Å². The van der Waals surface area contributed by atoms with Crippen LogP contribution in [0.25, 0.3) is 0 Å². The molecule has 0 saturated carbocycles. The van der Waals surface area contributed by atoms with Crippen molar-refractivity contribution in [3.63, 3.8) is 0 Å². The van der Waals surface area contributed by atoms with Crippen LogP contribution in [0.1, 0.15) is 13.3 Å². The van der Waals surface area contributed by atoms with Crippen molar-refractivity contribution >= 4 is 27.3 Å². The first kappa shape index (κ1) is 13.1. The molecule has 0 aliphatic rings. The Hall–Kier alpha value is -1.01. The summed E-state index contributed by atoms with van der Waals surface area (Å²) in [6.45, 7) is 1.69. The van der Waals surface area contributed by atoms with Crippen molar-refractivity contribution < 1.29 is 17.9 Å². The van der Waals surface area contributed by atoms with Crippen molar-refractivity contribution in [1.82, 2.24) is 0 Å². The van der Waals surface area contributed by atoms with Gasteiger partial charge in [0.1, 0.15) is 5.82 Å². The van der Waals surface area contributed by atoms with Gasteiger partial charge in [0.2, 0.25) is 10.0 Å². The Bertz CT molecular complexity index is 490. The Morgan fingerprint density at radius 3 is 2.69 bits per heavy atom.